The first-order valence-electron chi connectivity index (χ1n) is 16.2. The summed E-state index contributed by atoms with van der Waals surface area (Å²) in [6.07, 6.45) is 6.55. The number of methoxy groups -OCH3 is 1. The van der Waals surface area contributed by atoms with E-state index in [0.717, 1.165) is 50.0 Å². The van der Waals surface area contributed by atoms with Crippen LogP contribution < -0.4 is 4.74 Å². The van der Waals surface area contributed by atoms with Gasteiger partial charge in [-0.1, -0.05) is 78.9 Å². The van der Waals surface area contributed by atoms with Crippen LogP contribution in [0.2, 0.25) is 0 Å². The van der Waals surface area contributed by atoms with E-state index in [4.69, 9.17) is 4.74 Å². The van der Waals surface area contributed by atoms with Crippen LogP contribution in [0, 0.1) is 5.82 Å². The van der Waals surface area contributed by atoms with Gasteiger partial charge in [0, 0.05) is 30.3 Å². The third kappa shape index (κ3) is 7.47. The van der Waals surface area contributed by atoms with E-state index < -0.39 is 0 Å². The summed E-state index contributed by atoms with van der Waals surface area (Å²) in [4.78, 5) is 15.6. The number of ketones is 1. The molecule has 4 aromatic carbocycles. The largest absolute Gasteiger partial charge is 0.497 e. The van der Waals surface area contributed by atoms with Crippen LogP contribution in [0.1, 0.15) is 86.2 Å². The summed E-state index contributed by atoms with van der Waals surface area (Å²) in [7, 11) is 1.74. The minimum atomic E-state index is -0.243. The summed E-state index contributed by atoms with van der Waals surface area (Å²) < 4.78 is 18.8. The van der Waals surface area contributed by atoms with Crippen LogP contribution in [0.4, 0.5) is 4.39 Å². The predicted octanol–water partition coefficient (Wildman–Crippen LogP) is 9.28. The second-order valence-electron chi connectivity index (χ2n) is 12.5. The van der Waals surface area contributed by atoms with Crippen molar-refractivity contribution in [2.45, 2.75) is 82.7 Å². The van der Waals surface area contributed by atoms with Gasteiger partial charge in [0.15, 0.2) is 0 Å². The Hall–Kier alpha value is -3.76. The smallest absolute Gasteiger partial charge is 0.133 e. The molecule has 0 aliphatic carbocycles. The molecule has 3 nitrogen and oxygen atoms in total. The van der Waals surface area contributed by atoms with Crippen molar-refractivity contribution in [2.24, 2.45) is 0 Å². The van der Waals surface area contributed by atoms with Crippen molar-refractivity contribution in [1.29, 1.82) is 0 Å². The van der Waals surface area contributed by atoms with Gasteiger partial charge in [-0.3, -0.25) is 9.69 Å². The van der Waals surface area contributed by atoms with Gasteiger partial charge >= 0.3 is 0 Å². The van der Waals surface area contributed by atoms with Gasteiger partial charge in [0.05, 0.1) is 7.11 Å². The number of rotatable bonds is 14. The molecule has 0 saturated heterocycles. The second kappa shape index (κ2) is 14.8. The Morgan fingerprint density at radius 3 is 2.11 bits per heavy atom. The van der Waals surface area contributed by atoms with Crippen molar-refractivity contribution in [3.63, 3.8) is 0 Å². The zero-order valence-electron chi connectivity index (χ0n) is 26.5. The lowest BCUT2D eigenvalue weighted by Gasteiger charge is -2.42. The summed E-state index contributed by atoms with van der Waals surface area (Å²) in [6.45, 7) is 5.69. The lowest BCUT2D eigenvalue weighted by molar-refractivity contribution is -0.119. The SMILES string of the molecule is COc1ccc2c(c1)C(C)N(CCCC(CCCC(=O)CCc1ccc(F)cc1)(c1ccccc1)c1ccccc1)C(C)C2. The molecular formula is C40H46FNO2. The fourth-order valence-electron chi connectivity index (χ4n) is 7.28. The minimum Gasteiger partial charge on any atom is -0.497 e. The molecule has 0 N–H and O–H groups in total. The topological polar surface area (TPSA) is 29.5 Å². The Morgan fingerprint density at radius 1 is 0.841 bits per heavy atom. The van der Waals surface area contributed by atoms with Gasteiger partial charge in [-0.15, -0.1) is 0 Å². The van der Waals surface area contributed by atoms with Crippen LogP contribution in [0.15, 0.2) is 103 Å². The molecule has 0 aromatic heterocycles. The number of Topliss-reactive ketones (excluding diaryl/α,β-unsaturated/α-hetero) is 1. The fourth-order valence-corrected chi connectivity index (χ4v) is 7.28. The first-order chi connectivity index (χ1) is 21.4. The Morgan fingerprint density at radius 2 is 1.48 bits per heavy atom. The molecule has 1 aliphatic rings. The Labute approximate surface area is 263 Å². The third-order valence-electron chi connectivity index (χ3n) is 9.72. The van der Waals surface area contributed by atoms with E-state index in [-0.39, 0.29) is 17.0 Å². The Bertz CT molecular complexity index is 1450. The van der Waals surface area contributed by atoms with E-state index in [2.05, 4.69) is 97.6 Å². The molecule has 1 aliphatic heterocycles. The average molecular weight is 592 g/mol. The van der Waals surface area contributed by atoms with Gasteiger partial charge in [-0.25, -0.2) is 4.39 Å². The van der Waals surface area contributed by atoms with Crippen molar-refractivity contribution in [3.05, 3.63) is 137 Å². The lowest BCUT2D eigenvalue weighted by Crippen LogP contribution is -2.42. The van der Waals surface area contributed by atoms with Gasteiger partial charge < -0.3 is 4.74 Å². The number of ether oxygens (including phenoxy) is 1. The maximum absolute atomic E-state index is 13.3. The van der Waals surface area contributed by atoms with Gasteiger partial charge in [0.2, 0.25) is 0 Å². The van der Waals surface area contributed by atoms with Crippen LogP contribution in [-0.4, -0.2) is 30.4 Å². The van der Waals surface area contributed by atoms with E-state index >= 15 is 0 Å². The number of halogens is 1. The van der Waals surface area contributed by atoms with E-state index in [9.17, 15) is 9.18 Å². The monoisotopic (exact) mass is 591 g/mol. The molecule has 0 radical (unpaired) electrons. The van der Waals surface area contributed by atoms with Crippen molar-refractivity contribution in [3.8, 4) is 5.75 Å². The number of aryl methyl sites for hydroxylation is 1. The molecule has 5 rings (SSSR count). The maximum Gasteiger partial charge on any atom is 0.133 e. The van der Waals surface area contributed by atoms with Crippen LogP contribution in [0.5, 0.6) is 5.75 Å². The number of nitrogens with zero attached hydrogens (tertiary/aromatic N) is 1. The number of benzene rings is 4. The molecular weight excluding hydrogens is 545 g/mol. The fraction of sp³-hybridized carbons (Fsp3) is 0.375. The molecule has 44 heavy (non-hydrogen) atoms. The first-order valence-corrected chi connectivity index (χ1v) is 16.2. The molecule has 0 fully saturated rings. The maximum atomic E-state index is 13.3. The zero-order valence-corrected chi connectivity index (χ0v) is 26.5. The first kappa shape index (κ1) is 31.7. The quantitative estimate of drug-likeness (QED) is 0.146. The molecule has 0 saturated carbocycles. The summed E-state index contributed by atoms with van der Waals surface area (Å²) in [5.41, 5.74) is 6.26. The highest BCUT2D eigenvalue weighted by atomic mass is 19.1. The second-order valence-corrected chi connectivity index (χ2v) is 12.5. The predicted molar refractivity (Wildman–Crippen MR) is 178 cm³/mol. The number of hydrogen-bond acceptors (Lipinski definition) is 3. The lowest BCUT2D eigenvalue weighted by atomic mass is 9.68. The standard InChI is InChI=1S/C40H46FNO2/c1-30-28-33-20-24-38(44-3)29-39(33)31(2)42(30)27-11-26-40(34-12-6-4-7-13-34,35-14-8-5-9-15-35)25-10-16-37(43)23-19-32-17-21-36(41)22-18-32/h4-9,12-15,17-18,20-22,24,29-31H,10-11,16,19,23,25-28H2,1-3H3. The number of fused-ring (bicyclic) bond motifs is 1. The molecule has 2 unspecified atom stereocenters. The number of carbonyl (C=O) groups excluding carboxylic acids is 1. The van der Waals surface area contributed by atoms with Gasteiger partial charge in [0.1, 0.15) is 17.3 Å². The van der Waals surface area contributed by atoms with Gasteiger partial charge in [0.25, 0.3) is 0 Å². The van der Waals surface area contributed by atoms with Gasteiger partial charge in [-0.2, -0.15) is 0 Å². The summed E-state index contributed by atoms with van der Waals surface area (Å²) in [6, 6.07) is 35.6. The highest BCUT2D eigenvalue weighted by Gasteiger charge is 2.35. The summed E-state index contributed by atoms with van der Waals surface area (Å²) in [5, 5.41) is 0. The normalized spacial score (nSPS) is 16.8. The Balaban J connectivity index is 1.31. The molecule has 2 atom stereocenters. The van der Waals surface area contributed by atoms with Crippen molar-refractivity contribution in [2.75, 3.05) is 13.7 Å². The molecule has 0 spiro atoms. The van der Waals surface area contributed by atoms with E-state index in [1.54, 1.807) is 19.2 Å². The van der Waals surface area contributed by atoms with E-state index in [0.29, 0.717) is 31.3 Å². The van der Waals surface area contributed by atoms with Crippen molar-refractivity contribution < 1.29 is 13.9 Å². The Kier molecular flexibility index (Phi) is 10.7. The van der Waals surface area contributed by atoms with E-state index in [1.165, 1.54) is 34.4 Å². The third-order valence-corrected chi connectivity index (χ3v) is 9.72. The minimum absolute atomic E-state index is 0.177. The van der Waals surface area contributed by atoms with Crippen LogP contribution in [-0.2, 0) is 23.1 Å². The number of hydrogen-bond donors (Lipinski definition) is 0. The summed E-state index contributed by atoms with van der Waals surface area (Å²) >= 11 is 0. The van der Waals surface area contributed by atoms with Crippen molar-refractivity contribution in [1.82, 2.24) is 4.90 Å². The molecule has 0 bridgehead atoms. The van der Waals surface area contributed by atoms with Crippen LogP contribution >= 0.6 is 0 Å². The van der Waals surface area contributed by atoms with Gasteiger partial charge in [-0.05, 0) is 111 Å². The number of carbonyl (C=O) groups is 1. The average Bonchev–Trinajstić information content (AvgIpc) is 3.06. The van der Waals surface area contributed by atoms with Crippen molar-refractivity contribution >= 4 is 5.78 Å². The van der Waals surface area contributed by atoms with E-state index in [1.807, 2.05) is 0 Å². The molecule has 4 heteroatoms. The molecule has 1 heterocycles. The van der Waals surface area contributed by atoms with Crippen LogP contribution in [0.3, 0.4) is 0 Å². The summed E-state index contributed by atoms with van der Waals surface area (Å²) in [5.74, 6) is 0.950. The molecule has 4 aromatic rings. The van der Waals surface area contributed by atoms with Crippen LogP contribution in [0.25, 0.3) is 0 Å². The molecule has 230 valence electrons. The molecule has 0 amide bonds. The highest BCUT2D eigenvalue weighted by Crippen LogP contribution is 2.42. The zero-order chi connectivity index (χ0) is 30.9. The highest BCUT2D eigenvalue weighted by molar-refractivity contribution is 5.78.